The molecule has 0 atom stereocenters. The van der Waals surface area contributed by atoms with Gasteiger partial charge in [0.15, 0.2) is 0 Å². The zero-order valence-corrected chi connectivity index (χ0v) is 12.8. The lowest BCUT2D eigenvalue weighted by Crippen LogP contribution is -2.29. The minimum absolute atomic E-state index is 0.0701. The largest absolute Gasteiger partial charge is 0.480 e. The van der Waals surface area contributed by atoms with Gasteiger partial charge in [0.25, 0.3) is 0 Å². The highest BCUT2D eigenvalue weighted by Gasteiger charge is 2.14. The van der Waals surface area contributed by atoms with Gasteiger partial charge in [-0.25, -0.2) is 4.98 Å². The Morgan fingerprint density at radius 2 is 2.00 bits per heavy atom. The van der Waals surface area contributed by atoms with E-state index in [1.807, 2.05) is 26.0 Å². The number of aromatic nitrogens is 1. The van der Waals surface area contributed by atoms with E-state index in [-0.39, 0.29) is 6.54 Å². The van der Waals surface area contributed by atoms with Gasteiger partial charge in [-0.15, -0.1) is 11.3 Å². The molecular weight excluding hydrogens is 296 g/mol. The highest BCUT2D eigenvalue weighted by molar-refractivity contribution is 7.11. The topological polar surface area (TPSA) is 53.4 Å². The zero-order valence-electron chi connectivity index (χ0n) is 11.3. The summed E-state index contributed by atoms with van der Waals surface area (Å²) in [6.45, 7) is 4.38. The van der Waals surface area contributed by atoms with Crippen molar-refractivity contribution < 1.29 is 9.90 Å². The molecule has 2 rings (SSSR count). The van der Waals surface area contributed by atoms with Crippen LogP contribution >= 0.6 is 22.9 Å². The Balaban J connectivity index is 2.23. The number of hydrogen-bond acceptors (Lipinski definition) is 4. The van der Waals surface area contributed by atoms with Gasteiger partial charge in [0.2, 0.25) is 0 Å². The fourth-order valence-electron chi connectivity index (χ4n) is 1.82. The molecular formula is C14H15ClN2O2S. The predicted molar refractivity (Wildman–Crippen MR) is 81.7 cm³/mol. The summed E-state index contributed by atoms with van der Waals surface area (Å²) >= 11 is 7.46. The molecule has 1 aromatic carbocycles. The second-order valence-electron chi connectivity index (χ2n) is 4.48. The predicted octanol–water partition coefficient (Wildman–Crippen LogP) is 3.50. The maximum Gasteiger partial charge on any atom is 0.323 e. The van der Waals surface area contributed by atoms with Crippen molar-refractivity contribution in [2.75, 3.05) is 11.4 Å². The smallest absolute Gasteiger partial charge is 0.323 e. The number of aryl methyl sites for hydroxylation is 2. The molecule has 6 heteroatoms. The Hall–Kier alpha value is -1.59. The maximum atomic E-state index is 11.0. The van der Waals surface area contributed by atoms with E-state index in [0.29, 0.717) is 11.6 Å². The van der Waals surface area contributed by atoms with Gasteiger partial charge in [0.1, 0.15) is 11.6 Å². The molecule has 20 heavy (non-hydrogen) atoms. The Morgan fingerprint density at radius 3 is 2.50 bits per heavy atom. The first-order chi connectivity index (χ1) is 9.45. The number of benzene rings is 1. The van der Waals surface area contributed by atoms with E-state index >= 15 is 0 Å². The molecule has 4 nitrogen and oxygen atoms in total. The number of nitrogens with zero attached hydrogens (tertiary/aromatic N) is 2. The summed E-state index contributed by atoms with van der Waals surface area (Å²) in [7, 11) is 0. The average molecular weight is 311 g/mol. The normalized spacial score (nSPS) is 10.6. The van der Waals surface area contributed by atoms with E-state index in [1.54, 1.807) is 28.4 Å². The molecule has 0 aliphatic heterocycles. The minimum atomic E-state index is -0.870. The summed E-state index contributed by atoms with van der Waals surface area (Å²) in [6, 6.07) is 7.14. The van der Waals surface area contributed by atoms with Gasteiger partial charge in [-0.2, -0.15) is 0 Å². The Morgan fingerprint density at radius 1 is 1.35 bits per heavy atom. The lowest BCUT2D eigenvalue weighted by molar-refractivity contribution is -0.135. The average Bonchev–Trinajstić information content (AvgIpc) is 2.68. The van der Waals surface area contributed by atoms with E-state index < -0.39 is 5.97 Å². The van der Waals surface area contributed by atoms with Crippen LogP contribution in [-0.2, 0) is 11.3 Å². The summed E-state index contributed by atoms with van der Waals surface area (Å²) in [4.78, 5) is 18.4. The number of carboxylic acid groups (broad SMARTS) is 1. The van der Waals surface area contributed by atoms with Gasteiger partial charge >= 0.3 is 5.97 Å². The quantitative estimate of drug-likeness (QED) is 0.918. The van der Waals surface area contributed by atoms with E-state index in [2.05, 4.69) is 4.98 Å². The van der Waals surface area contributed by atoms with E-state index in [9.17, 15) is 4.79 Å². The summed E-state index contributed by atoms with van der Waals surface area (Å²) < 4.78 is 0. The number of halogens is 1. The van der Waals surface area contributed by atoms with Crippen molar-refractivity contribution in [3.05, 3.63) is 44.9 Å². The van der Waals surface area contributed by atoms with Crippen molar-refractivity contribution in [1.82, 2.24) is 4.98 Å². The first-order valence-corrected chi connectivity index (χ1v) is 7.30. The Bertz CT molecular complexity index is 591. The fraction of sp³-hybridized carbons (Fsp3) is 0.286. The van der Waals surface area contributed by atoms with Gasteiger partial charge in [-0.3, -0.25) is 4.79 Å². The molecule has 0 spiro atoms. The third kappa shape index (κ3) is 3.71. The van der Waals surface area contributed by atoms with Crippen LogP contribution in [0.2, 0.25) is 5.02 Å². The number of hydrogen-bond donors (Lipinski definition) is 1. The number of thiazole rings is 1. The second-order valence-corrected chi connectivity index (χ2v) is 6.20. The molecule has 1 heterocycles. The van der Waals surface area contributed by atoms with Crippen LogP contribution in [0.3, 0.4) is 0 Å². The van der Waals surface area contributed by atoms with Crippen molar-refractivity contribution in [2.45, 2.75) is 20.4 Å². The molecule has 0 fully saturated rings. The van der Waals surface area contributed by atoms with Crippen LogP contribution in [0.25, 0.3) is 0 Å². The van der Waals surface area contributed by atoms with Gasteiger partial charge < -0.3 is 10.0 Å². The lowest BCUT2D eigenvalue weighted by atomic mass is 10.3. The van der Waals surface area contributed by atoms with Crippen molar-refractivity contribution >= 4 is 34.6 Å². The van der Waals surface area contributed by atoms with Crippen molar-refractivity contribution in [3.63, 3.8) is 0 Å². The minimum Gasteiger partial charge on any atom is -0.480 e. The molecule has 0 aliphatic rings. The molecule has 2 aromatic rings. The molecule has 0 bridgehead atoms. The highest BCUT2D eigenvalue weighted by atomic mass is 35.5. The van der Waals surface area contributed by atoms with Crippen LogP contribution in [0.5, 0.6) is 0 Å². The molecule has 0 radical (unpaired) electrons. The Kier molecular flexibility index (Phi) is 4.62. The molecule has 0 saturated heterocycles. The summed E-state index contributed by atoms with van der Waals surface area (Å²) in [5, 5.41) is 10.6. The number of aliphatic carboxylic acids is 1. The fourth-order valence-corrected chi connectivity index (χ4v) is 2.90. The van der Waals surface area contributed by atoms with Crippen molar-refractivity contribution in [2.24, 2.45) is 0 Å². The van der Waals surface area contributed by atoms with E-state index in [1.165, 1.54) is 0 Å². The number of carbonyl (C=O) groups is 1. The van der Waals surface area contributed by atoms with Crippen LogP contribution in [0.15, 0.2) is 24.3 Å². The van der Waals surface area contributed by atoms with Crippen LogP contribution in [0.1, 0.15) is 15.6 Å². The van der Waals surface area contributed by atoms with Gasteiger partial charge in [-0.05, 0) is 38.1 Å². The number of carboxylic acids is 1. The number of rotatable bonds is 5. The molecule has 1 N–H and O–H groups in total. The first kappa shape index (κ1) is 14.8. The van der Waals surface area contributed by atoms with Crippen LogP contribution in [-0.4, -0.2) is 22.6 Å². The Labute approximate surface area is 126 Å². The zero-order chi connectivity index (χ0) is 14.7. The van der Waals surface area contributed by atoms with Crippen LogP contribution in [0.4, 0.5) is 5.69 Å². The van der Waals surface area contributed by atoms with Gasteiger partial charge in [0.05, 0.1) is 12.2 Å². The molecule has 0 unspecified atom stereocenters. The third-order valence-electron chi connectivity index (χ3n) is 2.92. The van der Waals surface area contributed by atoms with Crippen LogP contribution < -0.4 is 4.90 Å². The lowest BCUT2D eigenvalue weighted by Gasteiger charge is -2.21. The summed E-state index contributed by atoms with van der Waals surface area (Å²) in [5.41, 5.74) is 1.82. The monoisotopic (exact) mass is 310 g/mol. The molecule has 0 amide bonds. The molecule has 0 saturated carbocycles. The second kappa shape index (κ2) is 6.24. The first-order valence-electron chi connectivity index (χ1n) is 6.11. The summed E-state index contributed by atoms with van der Waals surface area (Å²) in [5.74, 6) is -0.870. The highest BCUT2D eigenvalue weighted by Crippen LogP contribution is 2.23. The van der Waals surface area contributed by atoms with Crippen molar-refractivity contribution in [3.8, 4) is 0 Å². The van der Waals surface area contributed by atoms with Crippen LogP contribution in [0, 0.1) is 13.8 Å². The molecule has 1 aromatic heterocycles. The number of anilines is 1. The molecule has 106 valence electrons. The molecule has 0 aliphatic carbocycles. The van der Waals surface area contributed by atoms with E-state index in [4.69, 9.17) is 16.7 Å². The van der Waals surface area contributed by atoms with E-state index in [0.717, 1.165) is 21.3 Å². The maximum absolute atomic E-state index is 11.0. The summed E-state index contributed by atoms with van der Waals surface area (Å²) in [6.07, 6.45) is 0. The van der Waals surface area contributed by atoms with Crippen molar-refractivity contribution in [1.29, 1.82) is 0 Å². The standard InChI is InChI=1S/C14H15ClN2O2S/c1-9-10(2)20-13(16-9)7-17(8-14(18)19)12-5-3-11(15)4-6-12/h3-6H,7-8H2,1-2H3,(H,18,19). The third-order valence-corrected chi connectivity index (χ3v) is 4.23. The van der Waals surface area contributed by atoms with Gasteiger partial charge in [0, 0.05) is 15.6 Å². The van der Waals surface area contributed by atoms with Gasteiger partial charge in [-0.1, -0.05) is 11.6 Å². The SMILES string of the molecule is Cc1nc(CN(CC(=O)O)c2ccc(Cl)cc2)sc1C.